The Morgan fingerprint density at radius 1 is 1.60 bits per heavy atom. The molecule has 1 aliphatic heterocycles. The third-order valence-corrected chi connectivity index (χ3v) is 4.65. The minimum atomic E-state index is -0.271. The summed E-state index contributed by atoms with van der Waals surface area (Å²) >= 11 is 0. The minimum Gasteiger partial charge on any atom is -0.458 e. The van der Waals surface area contributed by atoms with Crippen molar-refractivity contribution in [2.45, 2.75) is 52.4 Å². The van der Waals surface area contributed by atoms with Crippen molar-refractivity contribution in [3.8, 4) is 0 Å². The average molecular weight is 278 g/mol. The number of esters is 1. The molecule has 1 aromatic heterocycles. The van der Waals surface area contributed by atoms with Crippen LogP contribution < -0.4 is 0 Å². The van der Waals surface area contributed by atoms with Crippen LogP contribution in [-0.4, -0.2) is 34.6 Å². The lowest BCUT2D eigenvalue weighted by Crippen LogP contribution is -2.65. The molecule has 0 unspecified atom stereocenters. The summed E-state index contributed by atoms with van der Waals surface area (Å²) in [6, 6.07) is 0. The van der Waals surface area contributed by atoms with Crippen LogP contribution in [-0.2, 0) is 16.0 Å². The first kappa shape index (κ1) is 13.6. The lowest BCUT2D eigenvalue weighted by Gasteiger charge is -2.58. The summed E-state index contributed by atoms with van der Waals surface area (Å²) in [6.07, 6.45) is 5.63. The highest BCUT2D eigenvalue weighted by molar-refractivity contribution is 5.89. The molecule has 3 rings (SSSR count). The van der Waals surface area contributed by atoms with Crippen LogP contribution in [0.2, 0.25) is 0 Å². The van der Waals surface area contributed by atoms with Gasteiger partial charge in [0.05, 0.1) is 17.9 Å². The summed E-state index contributed by atoms with van der Waals surface area (Å²) in [5.74, 6) is 0.0794. The van der Waals surface area contributed by atoms with E-state index in [1.54, 1.807) is 17.1 Å². The Labute approximate surface area is 119 Å². The van der Waals surface area contributed by atoms with E-state index < -0.39 is 0 Å². The second kappa shape index (κ2) is 4.88. The second-order valence-corrected chi connectivity index (χ2v) is 6.33. The van der Waals surface area contributed by atoms with Crippen LogP contribution in [0.4, 0.5) is 0 Å². The molecule has 5 nitrogen and oxygen atoms in total. The molecule has 2 aliphatic rings. The first-order valence-corrected chi connectivity index (χ1v) is 7.39. The van der Waals surface area contributed by atoms with Gasteiger partial charge in [0.25, 0.3) is 0 Å². The Balaban J connectivity index is 1.69. The quantitative estimate of drug-likeness (QED) is 0.796. The summed E-state index contributed by atoms with van der Waals surface area (Å²) in [4.78, 5) is 12.2. The van der Waals surface area contributed by atoms with E-state index in [9.17, 15) is 4.79 Å². The van der Waals surface area contributed by atoms with Crippen molar-refractivity contribution >= 4 is 5.97 Å². The molecule has 0 aromatic carbocycles. The van der Waals surface area contributed by atoms with Crippen molar-refractivity contribution in [1.82, 2.24) is 9.78 Å². The van der Waals surface area contributed by atoms with E-state index >= 15 is 0 Å². The molecular formula is C15H22N2O3. The van der Waals surface area contributed by atoms with Crippen molar-refractivity contribution in [2.75, 3.05) is 6.61 Å². The fourth-order valence-corrected chi connectivity index (χ4v) is 3.54. The first-order valence-electron chi connectivity index (χ1n) is 7.39. The van der Waals surface area contributed by atoms with Crippen molar-refractivity contribution in [3.05, 3.63) is 18.0 Å². The number of aromatic nitrogens is 2. The number of rotatable bonds is 3. The van der Waals surface area contributed by atoms with Crippen LogP contribution in [0.25, 0.3) is 0 Å². The Kier molecular flexibility index (Phi) is 3.32. The van der Waals surface area contributed by atoms with E-state index in [0.29, 0.717) is 11.5 Å². The van der Waals surface area contributed by atoms with Gasteiger partial charge < -0.3 is 9.47 Å². The molecule has 110 valence electrons. The highest BCUT2D eigenvalue weighted by Gasteiger charge is 2.60. The summed E-state index contributed by atoms with van der Waals surface area (Å²) in [5, 5.41) is 4.12. The minimum absolute atomic E-state index is 0.0507. The predicted molar refractivity (Wildman–Crippen MR) is 73.3 cm³/mol. The van der Waals surface area contributed by atoms with Crippen molar-refractivity contribution in [1.29, 1.82) is 0 Å². The molecule has 3 atom stereocenters. The van der Waals surface area contributed by atoms with Gasteiger partial charge in [-0.15, -0.1) is 0 Å². The fourth-order valence-electron chi connectivity index (χ4n) is 3.54. The van der Waals surface area contributed by atoms with E-state index in [2.05, 4.69) is 18.9 Å². The number of nitrogens with zero attached hydrogens (tertiary/aromatic N) is 2. The van der Waals surface area contributed by atoms with Gasteiger partial charge in [-0.2, -0.15) is 5.10 Å². The standard InChI is InChI=1S/C15H22N2O3/c1-4-17-9-10(8-16-17)14(18)20-13-11-6-5-7-19-12(11)15(13,2)3/h8-9,11-13H,4-7H2,1-3H3/t11-,12-,13+/m0/s1. The van der Waals surface area contributed by atoms with Crippen LogP contribution in [0.1, 0.15) is 44.0 Å². The van der Waals surface area contributed by atoms with Gasteiger partial charge in [0, 0.05) is 30.7 Å². The van der Waals surface area contributed by atoms with Crippen molar-refractivity contribution in [3.63, 3.8) is 0 Å². The van der Waals surface area contributed by atoms with E-state index in [4.69, 9.17) is 9.47 Å². The molecular weight excluding hydrogens is 256 g/mol. The smallest absolute Gasteiger partial charge is 0.341 e. The zero-order valence-corrected chi connectivity index (χ0v) is 12.3. The highest BCUT2D eigenvalue weighted by Crippen LogP contribution is 2.53. The molecule has 2 fully saturated rings. The number of hydrogen-bond donors (Lipinski definition) is 0. The average Bonchev–Trinajstić information content (AvgIpc) is 2.93. The zero-order valence-electron chi connectivity index (χ0n) is 12.3. The molecule has 2 heterocycles. The van der Waals surface area contributed by atoms with Crippen LogP contribution >= 0.6 is 0 Å². The molecule has 20 heavy (non-hydrogen) atoms. The summed E-state index contributed by atoms with van der Waals surface area (Å²) < 4.78 is 13.3. The van der Waals surface area contributed by atoms with Crippen molar-refractivity contribution < 1.29 is 14.3 Å². The molecule has 1 aromatic rings. The number of hydrogen-bond acceptors (Lipinski definition) is 4. The predicted octanol–water partition coefficient (Wildman–Crippen LogP) is 2.26. The second-order valence-electron chi connectivity index (χ2n) is 6.33. The summed E-state index contributed by atoms with van der Waals surface area (Å²) in [5.41, 5.74) is 0.435. The SMILES string of the molecule is CCn1cc(C(=O)O[C@@H]2[C@H]3CCCO[C@@H]3C2(C)C)cn1. The third kappa shape index (κ3) is 2.04. The normalized spacial score (nSPS) is 31.2. The zero-order chi connectivity index (χ0) is 14.3. The molecule has 1 saturated heterocycles. The Morgan fingerprint density at radius 2 is 2.40 bits per heavy atom. The van der Waals surface area contributed by atoms with Crippen molar-refractivity contribution in [2.24, 2.45) is 11.3 Å². The molecule has 5 heteroatoms. The van der Waals surface area contributed by atoms with E-state index in [1.165, 1.54) is 0 Å². The van der Waals surface area contributed by atoms with E-state index in [0.717, 1.165) is 26.0 Å². The third-order valence-electron chi connectivity index (χ3n) is 4.65. The molecule has 0 spiro atoms. The topological polar surface area (TPSA) is 53.4 Å². The molecule has 0 radical (unpaired) electrons. The molecule has 0 bridgehead atoms. The largest absolute Gasteiger partial charge is 0.458 e. The number of ether oxygens (including phenoxy) is 2. The monoisotopic (exact) mass is 278 g/mol. The van der Waals surface area contributed by atoms with Gasteiger partial charge in [0.15, 0.2) is 0 Å². The van der Waals surface area contributed by atoms with Crippen LogP contribution in [0.5, 0.6) is 0 Å². The fraction of sp³-hybridized carbons (Fsp3) is 0.733. The lowest BCUT2D eigenvalue weighted by atomic mass is 9.57. The van der Waals surface area contributed by atoms with Gasteiger partial charge >= 0.3 is 5.97 Å². The molecule has 0 amide bonds. The lowest BCUT2D eigenvalue weighted by molar-refractivity contribution is -0.243. The van der Waals surface area contributed by atoms with Crippen LogP contribution in [0, 0.1) is 11.3 Å². The number of fused-ring (bicyclic) bond motifs is 1. The molecule has 0 N–H and O–H groups in total. The van der Waals surface area contributed by atoms with E-state index in [1.807, 2.05) is 6.92 Å². The molecule has 1 aliphatic carbocycles. The van der Waals surface area contributed by atoms with Gasteiger partial charge in [0.2, 0.25) is 0 Å². The summed E-state index contributed by atoms with van der Waals surface area (Å²) in [6.45, 7) is 7.80. The van der Waals surface area contributed by atoms with Gasteiger partial charge in [0.1, 0.15) is 6.10 Å². The maximum atomic E-state index is 12.2. The Bertz CT molecular complexity index is 509. The van der Waals surface area contributed by atoms with Gasteiger partial charge in [-0.3, -0.25) is 4.68 Å². The maximum absolute atomic E-state index is 12.2. The first-order chi connectivity index (χ1) is 9.54. The molecule has 1 saturated carbocycles. The Morgan fingerprint density at radius 3 is 3.10 bits per heavy atom. The van der Waals surface area contributed by atoms with Crippen LogP contribution in [0.15, 0.2) is 12.4 Å². The number of carbonyl (C=O) groups is 1. The number of carbonyl (C=O) groups excluding carboxylic acids is 1. The number of aryl methyl sites for hydroxylation is 1. The van der Waals surface area contributed by atoms with Gasteiger partial charge in [-0.25, -0.2) is 4.79 Å². The Hall–Kier alpha value is -1.36. The summed E-state index contributed by atoms with van der Waals surface area (Å²) in [7, 11) is 0. The van der Waals surface area contributed by atoms with Gasteiger partial charge in [-0.1, -0.05) is 13.8 Å². The maximum Gasteiger partial charge on any atom is 0.341 e. The van der Waals surface area contributed by atoms with E-state index in [-0.39, 0.29) is 23.6 Å². The highest BCUT2D eigenvalue weighted by atomic mass is 16.6. The van der Waals surface area contributed by atoms with Gasteiger partial charge in [-0.05, 0) is 19.8 Å². The van der Waals surface area contributed by atoms with Crippen LogP contribution in [0.3, 0.4) is 0 Å².